The van der Waals surface area contributed by atoms with Crippen LogP contribution in [0, 0.1) is 25.2 Å². The molecule has 0 aliphatic heterocycles. The van der Waals surface area contributed by atoms with Crippen LogP contribution in [-0.4, -0.2) is 14.8 Å². The Kier molecular flexibility index (Phi) is 3.75. The van der Waals surface area contributed by atoms with Crippen LogP contribution in [0.5, 0.6) is 0 Å². The van der Waals surface area contributed by atoms with Crippen molar-refractivity contribution in [1.82, 2.24) is 14.8 Å². The number of rotatable bonds is 3. The number of hydrogen-bond acceptors (Lipinski definition) is 4. The summed E-state index contributed by atoms with van der Waals surface area (Å²) in [5.41, 5.74) is 10.9. The minimum atomic E-state index is 0.551. The van der Waals surface area contributed by atoms with E-state index in [9.17, 15) is 5.26 Å². The molecule has 0 radical (unpaired) electrons. The number of aryl methyl sites for hydroxylation is 3. The van der Waals surface area contributed by atoms with Gasteiger partial charge in [-0.25, -0.2) is 9.67 Å². The van der Waals surface area contributed by atoms with E-state index in [0.717, 1.165) is 35.5 Å². The van der Waals surface area contributed by atoms with Crippen LogP contribution in [0.25, 0.3) is 5.82 Å². The van der Waals surface area contributed by atoms with Crippen molar-refractivity contribution in [2.75, 3.05) is 5.73 Å². The summed E-state index contributed by atoms with van der Waals surface area (Å²) in [6.07, 6.45) is 1.51. The highest BCUT2D eigenvalue weighted by atomic mass is 15.3. The first kappa shape index (κ1) is 14.1. The molecule has 5 nitrogen and oxygen atoms in total. The lowest BCUT2D eigenvalue weighted by Crippen LogP contribution is -2.09. The first-order valence-corrected chi connectivity index (χ1v) is 6.78. The Balaban J connectivity index is 2.78. The van der Waals surface area contributed by atoms with E-state index in [4.69, 9.17) is 5.73 Å². The fraction of sp³-hybridized carbons (Fsp3) is 0.400. The second-order valence-electron chi connectivity index (χ2n) is 4.82. The van der Waals surface area contributed by atoms with Crippen molar-refractivity contribution in [3.05, 3.63) is 34.3 Å². The van der Waals surface area contributed by atoms with Crippen molar-refractivity contribution in [3.63, 3.8) is 0 Å². The molecule has 0 aliphatic carbocycles. The van der Waals surface area contributed by atoms with Crippen molar-refractivity contribution in [3.8, 4) is 11.9 Å². The Morgan fingerprint density at radius 2 is 2.00 bits per heavy atom. The van der Waals surface area contributed by atoms with E-state index in [0.29, 0.717) is 17.1 Å². The van der Waals surface area contributed by atoms with Gasteiger partial charge in [-0.05, 0) is 38.3 Å². The molecular formula is C15H19N5. The molecule has 2 N–H and O–H groups in total. The fourth-order valence-corrected chi connectivity index (χ4v) is 2.40. The van der Waals surface area contributed by atoms with Gasteiger partial charge >= 0.3 is 0 Å². The van der Waals surface area contributed by atoms with E-state index < -0.39 is 0 Å². The molecule has 0 aromatic carbocycles. The summed E-state index contributed by atoms with van der Waals surface area (Å²) >= 11 is 0. The largest absolute Gasteiger partial charge is 0.396 e. The third-order valence-electron chi connectivity index (χ3n) is 3.41. The molecule has 0 amide bonds. The van der Waals surface area contributed by atoms with Crippen LogP contribution in [0.3, 0.4) is 0 Å². The van der Waals surface area contributed by atoms with Crippen LogP contribution in [0.4, 0.5) is 5.69 Å². The third kappa shape index (κ3) is 2.14. The quantitative estimate of drug-likeness (QED) is 0.928. The van der Waals surface area contributed by atoms with Gasteiger partial charge < -0.3 is 5.73 Å². The van der Waals surface area contributed by atoms with E-state index in [2.05, 4.69) is 16.2 Å². The first-order valence-electron chi connectivity index (χ1n) is 6.78. The topological polar surface area (TPSA) is 80.5 Å². The summed E-state index contributed by atoms with van der Waals surface area (Å²) in [5.74, 6) is 0.577. The minimum Gasteiger partial charge on any atom is -0.396 e. The van der Waals surface area contributed by atoms with Crippen LogP contribution >= 0.6 is 0 Å². The van der Waals surface area contributed by atoms with E-state index in [-0.39, 0.29) is 0 Å². The summed E-state index contributed by atoms with van der Waals surface area (Å²) < 4.78 is 1.73. The zero-order valence-corrected chi connectivity index (χ0v) is 12.4. The summed E-state index contributed by atoms with van der Waals surface area (Å²) in [4.78, 5) is 4.49. The highest BCUT2D eigenvalue weighted by molar-refractivity contribution is 5.55. The minimum absolute atomic E-state index is 0.551. The lowest BCUT2D eigenvalue weighted by atomic mass is 10.1. The normalized spacial score (nSPS) is 10.6. The molecule has 0 aliphatic rings. The maximum absolute atomic E-state index is 9.39. The molecule has 2 aromatic rings. The molecule has 20 heavy (non-hydrogen) atoms. The van der Waals surface area contributed by atoms with Crippen molar-refractivity contribution in [1.29, 1.82) is 5.26 Å². The summed E-state index contributed by atoms with van der Waals surface area (Å²) in [6, 6.07) is 4.13. The molecule has 2 rings (SSSR count). The lowest BCUT2D eigenvalue weighted by molar-refractivity contribution is 0.765. The number of nitrogens with two attached hydrogens (primary N) is 1. The molecule has 0 atom stereocenters. The van der Waals surface area contributed by atoms with E-state index >= 15 is 0 Å². The smallest absolute Gasteiger partial charge is 0.172 e. The molecule has 2 aromatic heterocycles. The number of aromatic nitrogens is 3. The van der Waals surface area contributed by atoms with Crippen molar-refractivity contribution < 1.29 is 0 Å². The van der Waals surface area contributed by atoms with Crippen LogP contribution in [0.15, 0.2) is 6.07 Å². The number of pyridine rings is 1. The van der Waals surface area contributed by atoms with Gasteiger partial charge in [0.15, 0.2) is 5.82 Å². The maximum Gasteiger partial charge on any atom is 0.172 e. The second kappa shape index (κ2) is 5.33. The number of nitrogens with zero attached hydrogens (tertiary/aromatic N) is 4. The summed E-state index contributed by atoms with van der Waals surface area (Å²) in [7, 11) is 0. The molecule has 0 bridgehead atoms. The molecule has 104 valence electrons. The van der Waals surface area contributed by atoms with Gasteiger partial charge in [0.25, 0.3) is 0 Å². The second-order valence-corrected chi connectivity index (χ2v) is 4.82. The van der Waals surface area contributed by atoms with Crippen LogP contribution < -0.4 is 5.73 Å². The van der Waals surface area contributed by atoms with Crippen LogP contribution in [0.1, 0.15) is 42.1 Å². The zero-order chi connectivity index (χ0) is 14.9. The molecule has 0 saturated heterocycles. The highest BCUT2D eigenvalue weighted by Gasteiger charge is 2.18. The van der Waals surface area contributed by atoms with E-state index in [1.807, 2.05) is 33.8 Å². The predicted octanol–water partition coefficient (Wildman–Crippen LogP) is 2.46. The zero-order valence-electron chi connectivity index (χ0n) is 12.4. The molecule has 5 heteroatoms. The average Bonchev–Trinajstić information content (AvgIpc) is 2.74. The number of nitriles is 1. The van der Waals surface area contributed by atoms with Crippen LogP contribution in [0.2, 0.25) is 0 Å². The Morgan fingerprint density at radius 1 is 1.30 bits per heavy atom. The number of anilines is 1. The first-order chi connectivity index (χ1) is 9.53. The van der Waals surface area contributed by atoms with Gasteiger partial charge in [-0.1, -0.05) is 13.8 Å². The van der Waals surface area contributed by atoms with Gasteiger partial charge in [-0.15, -0.1) is 0 Å². The fourth-order valence-electron chi connectivity index (χ4n) is 2.40. The van der Waals surface area contributed by atoms with Crippen molar-refractivity contribution in [2.24, 2.45) is 0 Å². The summed E-state index contributed by atoms with van der Waals surface area (Å²) in [6.45, 7) is 7.87. The van der Waals surface area contributed by atoms with Gasteiger partial charge in [0.1, 0.15) is 6.07 Å². The molecule has 0 spiro atoms. The monoisotopic (exact) mass is 269 g/mol. The Morgan fingerprint density at radius 3 is 2.55 bits per heavy atom. The van der Waals surface area contributed by atoms with Gasteiger partial charge in [0.2, 0.25) is 0 Å². The molecule has 2 heterocycles. The van der Waals surface area contributed by atoms with E-state index in [1.54, 1.807) is 4.68 Å². The van der Waals surface area contributed by atoms with E-state index in [1.165, 1.54) is 0 Å². The standard InChI is InChI=1S/C15H19N5/c1-5-12-14(17)13(6-2)20(19-12)15-11(8-16)9(3)7-10(4)18-15/h7H,5-6,17H2,1-4H3. The highest BCUT2D eigenvalue weighted by Crippen LogP contribution is 2.24. The van der Waals surface area contributed by atoms with Crippen molar-refractivity contribution in [2.45, 2.75) is 40.5 Å². The van der Waals surface area contributed by atoms with Gasteiger partial charge in [-0.2, -0.15) is 10.4 Å². The predicted molar refractivity (Wildman–Crippen MR) is 78.7 cm³/mol. The van der Waals surface area contributed by atoms with Crippen LogP contribution in [-0.2, 0) is 12.8 Å². The lowest BCUT2D eigenvalue weighted by Gasteiger charge is -2.10. The number of hydrogen-bond donors (Lipinski definition) is 1. The Bertz CT molecular complexity index is 691. The Labute approximate surface area is 119 Å². The molecule has 0 saturated carbocycles. The molecular weight excluding hydrogens is 250 g/mol. The summed E-state index contributed by atoms with van der Waals surface area (Å²) in [5, 5.41) is 13.9. The van der Waals surface area contributed by atoms with Gasteiger partial charge in [0, 0.05) is 5.69 Å². The third-order valence-corrected chi connectivity index (χ3v) is 3.41. The van der Waals surface area contributed by atoms with Gasteiger partial charge in [0.05, 0.1) is 22.6 Å². The molecule has 0 fully saturated rings. The molecule has 0 unspecified atom stereocenters. The maximum atomic E-state index is 9.39. The SMILES string of the molecule is CCc1nn(-c2nc(C)cc(C)c2C#N)c(CC)c1N. The van der Waals surface area contributed by atoms with Crippen molar-refractivity contribution >= 4 is 5.69 Å². The van der Waals surface area contributed by atoms with Gasteiger partial charge in [-0.3, -0.25) is 0 Å². The Hall–Kier alpha value is -2.35. The average molecular weight is 269 g/mol. The number of nitrogen functional groups attached to an aromatic ring is 1.